The van der Waals surface area contributed by atoms with Gasteiger partial charge in [0.15, 0.2) is 12.4 Å². The summed E-state index contributed by atoms with van der Waals surface area (Å²) in [6, 6.07) is 29.6. The second-order valence-electron chi connectivity index (χ2n) is 19.0. The number of carbonyl (C=O) groups is 2. The molecule has 2 unspecified atom stereocenters. The summed E-state index contributed by atoms with van der Waals surface area (Å²) in [4.78, 5) is 32.5. The number of aromatic nitrogens is 2. The highest BCUT2D eigenvalue weighted by Gasteiger charge is 2.42. The van der Waals surface area contributed by atoms with Crippen LogP contribution in [-0.4, -0.2) is 63.4 Å². The van der Waals surface area contributed by atoms with E-state index in [9.17, 15) is 9.59 Å². The first-order valence-electron chi connectivity index (χ1n) is 25.2. The number of aryl methyl sites for hydroxylation is 2. The molecule has 2 amide bonds. The van der Waals surface area contributed by atoms with Crippen LogP contribution in [0, 0.1) is 0 Å². The van der Waals surface area contributed by atoms with E-state index >= 15 is 0 Å². The maximum atomic E-state index is 12.6. The molecule has 8 heterocycles. The van der Waals surface area contributed by atoms with Gasteiger partial charge in [0.05, 0.1) is 45.4 Å². The lowest BCUT2D eigenvalue weighted by Gasteiger charge is -2.37. The van der Waals surface area contributed by atoms with Gasteiger partial charge in [-0.3, -0.25) is 9.59 Å². The third-order valence-corrected chi connectivity index (χ3v) is 17.4. The highest BCUT2D eigenvalue weighted by atomic mass is 35.5. The summed E-state index contributed by atoms with van der Waals surface area (Å²) in [6.45, 7) is 5.25. The van der Waals surface area contributed by atoms with Crippen LogP contribution in [0.5, 0.6) is 11.5 Å². The van der Waals surface area contributed by atoms with Crippen LogP contribution in [0.25, 0.3) is 33.0 Å². The van der Waals surface area contributed by atoms with E-state index in [1.807, 2.05) is 35.7 Å². The summed E-state index contributed by atoms with van der Waals surface area (Å²) in [5.41, 5.74) is 9.76. The Morgan fingerprint density at radius 2 is 1.10 bits per heavy atom. The van der Waals surface area contributed by atoms with Crippen molar-refractivity contribution in [2.45, 2.75) is 99.3 Å². The molecule has 0 bridgehead atoms. The van der Waals surface area contributed by atoms with Crippen molar-refractivity contribution in [2.24, 2.45) is 0 Å². The van der Waals surface area contributed by atoms with Crippen molar-refractivity contribution in [3.05, 3.63) is 129 Å². The topological polar surface area (TPSA) is 100 Å². The lowest BCUT2D eigenvalue weighted by molar-refractivity contribution is -0.672. The first kappa shape index (κ1) is 46.6. The monoisotopic (exact) mass is 1030 g/mol. The zero-order chi connectivity index (χ0) is 48.0. The molecule has 2 aromatic heterocycles. The number of anilines is 2. The molecule has 0 fully saturated rings. The van der Waals surface area contributed by atoms with E-state index in [0.717, 1.165) is 99.1 Å². The number of hydrogen-bond acceptors (Lipinski definition) is 9. The summed E-state index contributed by atoms with van der Waals surface area (Å²) in [5.74, 6) is 1.98. The minimum atomic E-state index is 0.0291. The smallest absolute Gasteiger partial charge is 0.220 e. The Morgan fingerprint density at radius 1 is 0.620 bits per heavy atom. The van der Waals surface area contributed by atoms with Gasteiger partial charge in [-0.15, -0.1) is 0 Å². The minimum Gasteiger partial charge on any atom is -0.485 e. The van der Waals surface area contributed by atoms with Crippen LogP contribution in [0.3, 0.4) is 0 Å². The van der Waals surface area contributed by atoms with Crippen LogP contribution in [-0.2, 0) is 27.4 Å². The Morgan fingerprint density at radius 3 is 1.58 bits per heavy atom. The number of unbranched alkanes of at least 4 members (excludes halogenated alkanes) is 4. The number of hydrogen-bond donors (Lipinski definition) is 2. The van der Waals surface area contributed by atoms with E-state index < -0.39 is 0 Å². The molecule has 15 heteroatoms. The summed E-state index contributed by atoms with van der Waals surface area (Å²) >= 11 is 16.5. The number of nitrogens with one attached hydrogen (secondary N) is 2. The summed E-state index contributed by atoms with van der Waals surface area (Å²) < 4.78 is 23.7. The molecule has 0 radical (unpaired) electrons. The quantitative estimate of drug-likeness (QED) is 0.0644. The molecule has 4 aromatic carbocycles. The van der Waals surface area contributed by atoms with Crippen LogP contribution in [0.2, 0.25) is 10.0 Å². The van der Waals surface area contributed by atoms with Crippen molar-refractivity contribution < 1.29 is 32.9 Å². The predicted octanol–water partition coefficient (Wildman–Crippen LogP) is 10.8. The molecule has 0 saturated carbocycles. The third-order valence-electron chi connectivity index (χ3n) is 14.5. The van der Waals surface area contributed by atoms with Gasteiger partial charge >= 0.3 is 0 Å². The maximum Gasteiger partial charge on any atom is 0.220 e. The van der Waals surface area contributed by atoms with E-state index in [1.54, 1.807) is 0 Å². The fourth-order valence-electron chi connectivity index (χ4n) is 11.2. The number of nitrogens with zero attached hydrogens (tertiary/aromatic N) is 4. The van der Waals surface area contributed by atoms with Crippen molar-refractivity contribution in [1.29, 1.82) is 0 Å². The van der Waals surface area contributed by atoms with Crippen molar-refractivity contribution in [1.82, 2.24) is 10.6 Å². The van der Waals surface area contributed by atoms with Gasteiger partial charge in [0, 0.05) is 131 Å². The minimum absolute atomic E-state index is 0.0291. The number of ether oxygens (including phenoxy) is 3. The molecule has 6 aliphatic rings. The Balaban J connectivity index is 0.534. The summed E-state index contributed by atoms with van der Waals surface area (Å²) in [5, 5.41) is 12.3. The van der Waals surface area contributed by atoms with Gasteiger partial charge in [0.2, 0.25) is 22.8 Å². The molecule has 12 rings (SSSR count). The number of thioether (sulfide) groups is 2. The molecular weight excluding hydrogens is 972 g/mol. The number of amides is 2. The van der Waals surface area contributed by atoms with E-state index in [1.165, 1.54) is 75.3 Å². The predicted molar refractivity (Wildman–Crippen MR) is 283 cm³/mol. The van der Waals surface area contributed by atoms with E-state index in [2.05, 4.69) is 115 Å². The van der Waals surface area contributed by atoms with Crippen LogP contribution in [0.1, 0.15) is 75.3 Å². The normalized spacial score (nSPS) is 17.8. The summed E-state index contributed by atoms with van der Waals surface area (Å²) in [7, 11) is 0. The van der Waals surface area contributed by atoms with Crippen molar-refractivity contribution in [3.63, 3.8) is 0 Å². The number of halogens is 2. The number of pyridine rings is 2. The largest absolute Gasteiger partial charge is 0.485 e. The Labute approximate surface area is 432 Å². The van der Waals surface area contributed by atoms with E-state index in [0.29, 0.717) is 39.1 Å². The third kappa shape index (κ3) is 9.11. The second-order valence-corrected chi connectivity index (χ2v) is 22.0. The molecule has 0 spiro atoms. The molecule has 2 N–H and O–H groups in total. The SMILES string of the molecule is O=C(CCCCC[n+]1ccc2c3c(cccc31)OC1CCN3C(=C21)Sc1ccc(Cl)cc13)NCCOCCNC(=O)CCCCC[n+]1ccc2c3c(cccc31)OC1CCN3C(=C21)Sc1ccc(Cl)cc13. The van der Waals surface area contributed by atoms with Crippen molar-refractivity contribution >= 4 is 103 Å². The Hall–Kier alpha value is -5.44. The average Bonchev–Trinajstić information content (AvgIpc) is 3.94. The number of benzene rings is 4. The maximum absolute atomic E-state index is 12.6. The van der Waals surface area contributed by atoms with Crippen molar-refractivity contribution in [3.8, 4) is 11.5 Å². The second kappa shape index (κ2) is 20.2. The van der Waals surface area contributed by atoms with Crippen LogP contribution >= 0.6 is 46.7 Å². The molecular formula is C56H56Cl2N6O5S2+2. The fourth-order valence-corrected chi connectivity index (χ4v) is 14.0. The lowest BCUT2D eigenvalue weighted by Crippen LogP contribution is -2.38. The number of fused-ring (bicyclic) bond motifs is 10. The molecule has 6 aliphatic heterocycles. The molecule has 6 aromatic rings. The standard InChI is InChI=1S/C56H54Cl2N6O5S2/c57-35-15-17-47-41(33-35)63-29-21-45-53(55(63)70-47)37-19-27-61(39-9-7-11-43(68-45)51(37)39)25-5-1-3-13-49(65)59-23-31-67-32-24-60-50(66)14-4-2-6-26-62-28-20-38-52-40(62)10-8-12-44(52)69-46-22-30-64-42-34-36(58)16-18-48(42)71-56(64)54(38)46/h7-12,15-20,27-28,33-34,45-46H,1-6,13-14,21-26,29-32H2/p+2. The van der Waals surface area contributed by atoms with Crippen LogP contribution in [0.15, 0.2) is 117 Å². The van der Waals surface area contributed by atoms with Gasteiger partial charge < -0.3 is 34.6 Å². The van der Waals surface area contributed by atoms with Gasteiger partial charge in [0.25, 0.3) is 0 Å². The molecule has 364 valence electrons. The average molecular weight is 1030 g/mol. The van der Waals surface area contributed by atoms with Gasteiger partial charge in [0.1, 0.15) is 36.8 Å². The Kier molecular flexibility index (Phi) is 13.3. The first-order chi connectivity index (χ1) is 34.9. The van der Waals surface area contributed by atoms with Crippen LogP contribution in [0.4, 0.5) is 11.4 Å². The molecule has 2 atom stereocenters. The highest BCUT2D eigenvalue weighted by molar-refractivity contribution is 8.04. The van der Waals surface area contributed by atoms with E-state index in [-0.39, 0.29) is 24.0 Å². The highest BCUT2D eigenvalue weighted by Crippen LogP contribution is 2.56. The first-order valence-corrected chi connectivity index (χ1v) is 27.6. The molecule has 71 heavy (non-hydrogen) atoms. The van der Waals surface area contributed by atoms with Gasteiger partial charge in [-0.25, -0.2) is 0 Å². The van der Waals surface area contributed by atoms with Gasteiger partial charge in [-0.2, -0.15) is 9.13 Å². The van der Waals surface area contributed by atoms with E-state index in [4.69, 9.17) is 37.4 Å². The zero-order valence-electron chi connectivity index (χ0n) is 39.5. The summed E-state index contributed by atoms with van der Waals surface area (Å²) in [6.07, 6.45) is 12.8. The van der Waals surface area contributed by atoms with Gasteiger partial charge in [-0.05, 0) is 74.2 Å². The lowest BCUT2D eigenvalue weighted by atomic mass is 9.90. The molecule has 0 saturated heterocycles. The molecule has 0 aliphatic carbocycles. The number of carbonyl (C=O) groups excluding carboxylic acids is 2. The Bertz CT molecular complexity index is 2970. The zero-order valence-corrected chi connectivity index (χ0v) is 42.7. The van der Waals surface area contributed by atoms with Crippen LogP contribution < -0.4 is 39.0 Å². The molecule has 11 nitrogen and oxygen atoms in total. The van der Waals surface area contributed by atoms with Crippen molar-refractivity contribution in [2.75, 3.05) is 49.2 Å². The van der Waals surface area contributed by atoms with Gasteiger partial charge in [-0.1, -0.05) is 58.9 Å². The fraction of sp³-hybridized carbons (Fsp3) is 0.357. The number of rotatable bonds is 18.